The number of benzene rings is 4. The largest absolute Gasteiger partial charge is 0.361 e. The van der Waals surface area contributed by atoms with E-state index in [1.54, 1.807) is 0 Å². The van der Waals surface area contributed by atoms with Gasteiger partial charge in [0.25, 0.3) is 0 Å². The minimum atomic E-state index is 0.133. The predicted octanol–water partition coefficient (Wildman–Crippen LogP) is 14.9. The summed E-state index contributed by atoms with van der Waals surface area (Å²) in [4.78, 5) is 3.43. The van der Waals surface area contributed by atoms with Crippen molar-refractivity contribution in [1.29, 1.82) is 0 Å². The monoisotopic (exact) mass is 703 g/mol. The molecule has 1 aliphatic rings. The summed E-state index contributed by atoms with van der Waals surface area (Å²) in [6.45, 7) is 17.3. The summed E-state index contributed by atoms with van der Waals surface area (Å²) >= 11 is 0. The normalized spacial score (nSPS) is 19.9. The molecule has 1 nitrogen and oxygen atoms in total. The third kappa shape index (κ3) is 8.48. The number of hydrogen-bond acceptors (Lipinski definition) is 0. The second-order valence-electron chi connectivity index (χ2n) is 14.4. The first-order valence-corrected chi connectivity index (χ1v) is 19.3. The van der Waals surface area contributed by atoms with Crippen LogP contribution in [0.2, 0.25) is 0 Å². The van der Waals surface area contributed by atoms with Crippen LogP contribution in [0.25, 0.3) is 38.7 Å². The number of H-pyrrole nitrogens is 1. The standard InChI is InChI=1S/C53H53N/c1-7-10-25-48(39(4)5)51(47(8-2)41-28-30-43(31-29-41)50-27-18-22-45-36-38-54-52(45)50)44-34-32-42(33-35-44)49(40-20-14-13-15-21-40)26-19-24-46-23-16-11-12-17-37-53(46,6)9-3/h7-8,10-18,20-23,25-38,46,54H,1,4,9,19,24H2,2-3,5-6H3/b12-11-,23-16+,25-10-,37-17-,47-8-,49-26+,51-48-. The van der Waals surface area contributed by atoms with E-state index in [4.69, 9.17) is 0 Å². The highest BCUT2D eigenvalue weighted by Gasteiger charge is 2.28. The summed E-state index contributed by atoms with van der Waals surface area (Å²) in [5, 5.41) is 1.21. The van der Waals surface area contributed by atoms with Crippen LogP contribution < -0.4 is 0 Å². The minimum absolute atomic E-state index is 0.133. The van der Waals surface area contributed by atoms with Gasteiger partial charge in [0.05, 0.1) is 5.52 Å². The Hall–Kier alpha value is -5.92. The SMILES string of the molecule is C=C\C=C/C(C(=C)C)=C(/C(=C\C)c1ccc(-c2cccc3cc[nH]c23)cc1)c1ccc(/C(=C/CCC2/C=C/C=C\C=C/C2(C)CC)c2ccccc2)cc1. The van der Waals surface area contributed by atoms with E-state index < -0.39 is 0 Å². The minimum Gasteiger partial charge on any atom is -0.361 e. The maximum atomic E-state index is 4.43. The number of aromatic amines is 1. The first-order valence-electron chi connectivity index (χ1n) is 19.3. The number of para-hydroxylation sites is 1. The van der Waals surface area contributed by atoms with E-state index in [-0.39, 0.29) is 5.41 Å². The zero-order chi connectivity index (χ0) is 37.9. The fourth-order valence-electron chi connectivity index (χ4n) is 7.66. The van der Waals surface area contributed by atoms with Gasteiger partial charge in [-0.1, -0.05) is 196 Å². The van der Waals surface area contributed by atoms with Crippen molar-refractivity contribution in [2.45, 2.75) is 47.0 Å². The molecule has 1 aliphatic carbocycles. The first-order chi connectivity index (χ1) is 26.4. The Kier molecular flexibility index (Phi) is 12.4. The Bertz CT molecular complexity index is 2290. The molecular weight excluding hydrogens is 651 g/mol. The third-order valence-corrected chi connectivity index (χ3v) is 10.9. The molecule has 0 saturated carbocycles. The molecule has 0 saturated heterocycles. The number of nitrogens with one attached hydrogen (secondary N) is 1. The summed E-state index contributed by atoms with van der Waals surface area (Å²) in [5.74, 6) is 0.465. The molecule has 5 aromatic rings. The zero-order valence-corrected chi connectivity index (χ0v) is 32.4. The Labute approximate surface area is 323 Å². The Morgan fingerprint density at radius 3 is 2.20 bits per heavy atom. The molecule has 0 bridgehead atoms. The van der Waals surface area contributed by atoms with Crippen molar-refractivity contribution in [1.82, 2.24) is 4.98 Å². The van der Waals surface area contributed by atoms with Gasteiger partial charge in [-0.15, -0.1) is 0 Å². The van der Waals surface area contributed by atoms with Gasteiger partial charge < -0.3 is 4.98 Å². The van der Waals surface area contributed by atoms with Crippen LogP contribution in [-0.4, -0.2) is 4.98 Å². The van der Waals surface area contributed by atoms with Crippen LogP contribution in [0.3, 0.4) is 0 Å². The molecule has 54 heavy (non-hydrogen) atoms. The fraction of sp³-hybridized carbons (Fsp3) is 0.170. The van der Waals surface area contributed by atoms with Crippen molar-refractivity contribution >= 4 is 27.6 Å². The van der Waals surface area contributed by atoms with Crippen LogP contribution in [-0.2, 0) is 0 Å². The van der Waals surface area contributed by atoms with Crippen molar-refractivity contribution in [3.05, 3.63) is 223 Å². The molecule has 1 heterocycles. The zero-order valence-electron chi connectivity index (χ0n) is 32.4. The van der Waals surface area contributed by atoms with E-state index in [1.807, 2.05) is 18.3 Å². The summed E-state index contributed by atoms with van der Waals surface area (Å²) < 4.78 is 0. The highest BCUT2D eigenvalue weighted by atomic mass is 14.7. The lowest BCUT2D eigenvalue weighted by Gasteiger charge is -2.33. The Balaban J connectivity index is 1.37. The lowest BCUT2D eigenvalue weighted by atomic mass is 9.72. The molecular formula is C53H53N. The quantitative estimate of drug-likeness (QED) is 0.118. The van der Waals surface area contributed by atoms with Gasteiger partial charge in [-0.3, -0.25) is 0 Å². The molecule has 0 aliphatic heterocycles. The topological polar surface area (TPSA) is 15.8 Å². The van der Waals surface area contributed by atoms with Crippen LogP contribution in [0.1, 0.15) is 69.2 Å². The molecule has 4 aromatic carbocycles. The van der Waals surface area contributed by atoms with Crippen molar-refractivity contribution in [2.24, 2.45) is 11.3 Å². The molecule has 1 aromatic heterocycles. The van der Waals surface area contributed by atoms with Gasteiger partial charge in [0, 0.05) is 11.8 Å². The number of fused-ring (bicyclic) bond motifs is 1. The molecule has 2 unspecified atom stereocenters. The number of hydrogen-bond donors (Lipinski definition) is 1. The van der Waals surface area contributed by atoms with Gasteiger partial charge in [0.15, 0.2) is 0 Å². The maximum Gasteiger partial charge on any atom is 0.0533 e. The van der Waals surface area contributed by atoms with E-state index in [0.29, 0.717) is 5.92 Å². The van der Waals surface area contributed by atoms with Gasteiger partial charge in [0.1, 0.15) is 0 Å². The van der Waals surface area contributed by atoms with Crippen molar-refractivity contribution in [3.8, 4) is 11.1 Å². The Morgan fingerprint density at radius 1 is 0.796 bits per heavy atom. The van der Waals surface area contributed by atoms with Gasteiger partial charge in [0.2, 0.25) is 0 Å². The average molecular weight is 704 g/mol. The van der Waals surface area contributed by atoms with Gasteiger partial charge in [-0.25, -0.2) is 0 Å². The van der Waals surface area contributed by atoms with E-state index in [9.17, 15) is 0 Å². The molecule has 1 heteroatoms. The lowest BCUT2D eigenvalue weighted by Crippen LogP contribution is -2.23. The van der Waals surface area contributed by atoms with E-state index in [2.05, 4.69) is 204 Å². The summed E-state index contributed by atoms with van der Waals surface area (Å²) in [6, 6.07) is 37.4. The van der Waals surface area contributed by atoms with E-state index in [1.165, 1.54) is 33.2 Å². The van der Waals surface area contributed by atoms with Crippen molar-refractivity contribution in [3.63, 3.8) is 0 Å². The fourth-order valence-corrected chi connectivity index (χ4v) is 7.66. The number of allylic oxidation sites excluding steroid dienone is 15. The number of rotatable bonds is 13. The molecule has 0 spiro atoms. The van der Waals surface area contributed by atoms with Crippen molar-refractivity contribution in [2.75, 3.05) is 0 Å². The lowest BCUT2D eigenvalue weighted by molar-refractivity contribution is 0.282. The Morgan fingerprint density at radius 2 is 1.50 bits per heavy atom. The number of aromatic nitrogens is 1. The maximum absolute atomic E-state index is 4.43. The smallest absolute Gasteiger partial charge is 0.0533 e. The molecule has 270 valence electrons. The van der Waals surface area contributed by atoms with Crippen LogP contribution in [0.5, 0.6) is 0 Å². The van der Waals surface area contributed by atoms with Crippen LogP contribution in [0.4, 0.5) is 0 Å². The molecule has 6 rings (SSSR count). The molecule has 0 fully saturated rings. The summed E-state index contributed by atoms with van der Waals surface area (Å²) in [7, 11) is 0. The van der Waals surface area contributed by atoms with Gasteiger partial charge in [-0.2, -0.15) is 0 Å². The first kappa shape index (κ1) is 37.8. The highest BCUT2D eigenvalue weighted by Crippen LogP contribution is 2.40. The average Bonchev–Trinajstić information content (AvgIpc) is 3.69. The molecule has 2 atom stereocenters. The molecule has 0 amide bonds. The van der Waals surface area contributed by atoms with Gasteiger partial charge >= 0.3 is 0 Å². The third-order valence-electron chi connectivity index (χ3n) is 10.9. The van der Waals surface area contributed by atoms with E-state index >= 15 is 0 Å². The van der Waals surface area contributed by atoms with Gasteiger partial charge in [-0.05, 0) is 106 Å². The second-order valence-corrected chi connectivity index (χ2v) is 14.4. The summed E-state index contributed by atoms with van der Waals surface area (Å²) in [5.41, 5.74) is 14.1. The van der Waals surface area contributed by atoms with Crippen LogP contribution in [0, 0.1) is 11.3 Å². The van der Waals surface area contributed by atoms with Crippen molar-refractivity contribution < 1.29 is 0 Å². The highest BCUT2D eigenvalue weighted by molar-refractivity contribution is 6.08. The molecule has 1 N–H and O–H groups in total. The second kappa shape index (κ2) is 17.7. The predicted molar refractivity (Wildman–Crippen MR) is 237 cm³/mol. The molecule has 0 radical (unpaired) electrons. The van der Waals surface area contributed by atoms with Crippen LogP contribution in [0.15, 0.2) is 200 Å². The summed E-state index contributed by atoms with van der Waals surface area (Å²) in [6.07, 6.45) is 29.3. The van der Waals surface area contributed by atoms with Crippen LogP contribution >= 0.6 is 0 Å². The van der Waals surface area contributed by atoms with E-state index in [0.717, 1.165) is 58.2 Å².